The number of pyridine rings is 1. The molecule has 4 aromatic rings. The molecule has 1 aliphatic rings. The summed E-state index contributed by atoms with van der Waals surface area (Å²) in [7, 11) is 3.50. The predicted octanol–water partition coefficient (Wildman–Crippen LogP) is 5.78. The van der Waals surface area contributed by atoms with Crippen LogP contribution in [0.5, 0.6) is 11.5 Å². The first-order valence-corrected chi connectivity index (χ1v) is 11.3. The minimum Gasteiger partial charge on any atom is -0.496 e. The molecule has 0 fully saturated rings. The number of fused-ring (bicyclic) bond motifs is 5. The minimum absolute atomic E-state index is 0.0638. The predicted molar refractivity (Wildman–Crippen MR) is 133 cm³/mol. The molecule has 33 heavy (non-hydrogen) atoms. The molecule has 2 heterocycles. The van der Waals surface area contributed by atoms with Crippen molar-refractivity contribution in [1.29, 1.82) is 0 Å². The van der Waals surface area contributed by atoms with E-state index in [1.807, 2.05) is 74.9 Å². The Morgan fingerprint density at radius 3 is 2.48 bits per heavy atom. The van der Waals surface area contributed by atoms with Gasteiger partial charge in [0.25, 0.3) is 0 Å². The molecule has 5 rings (SSSR count). The molecular formula is C28H27NO4. The summed E-state index contributed by atoms with van der Waals surface area (Å²) >= 11 is 0. The third-order valence-corrected chi connectivity index (χ3v) is 6.60. The fourth-order valence-electron chi connectivity index (χ4n) is 4.96. The first kappa shape index (κ1) is 21.3. The van der Waals surface area contributed by atoms with E-state index in [2.05, 4.69) is 0 Å². The number of methoxy groups -OCH3 is 1. The van der Waals surface area contributed by atoms with Gasteiger partial charge < -0.3 is 14.0 Å². The first-order chi connectivity index (χ1) is 15.8. The van der Waals surface area contributed by atoms with E-state index in [9.17, 15) is 9.59 Å². The lowest BCUT2D eigenvalue weighted by Crippen LogP contribution is -2.37. The van der Waals surface area contributed by atoms with Gasteiger partial charge in [-0.05, 0) is 49.2 Å². The quantitative estimate of drug-likeness (QED) is 0.377. The van der Waals surface area contributed by atoms with E-state index in [0.717, 1.165) is 28.3 Å². The summed E-state index contributed by atoms with van der Waals surface area (Å²) < 4.78 is 14.0. The summed E-state index contributed by atoms with van der Waals surface area (Å²) in [6.07, 6.45) is 3.12. The standard InChI is InChI=1S/C28H27NO4/c1-6-9-22(30)20-14-19-23(33-28(20,2)3)15-24(32-5)25-26(19)29(4)21-13-17-11-8-7-10-16(17)12-18(21)27(25)31/h7-8,10-15H,6,9H2,1-5H3. The molecule has 0 saturated heterocycles. The average molecular weight is 442 g/mol. The second kappa shape index (κ2) is 7.48. The number of benzene rings is 3. The monoisotopic (exact) mass is 441 g/mol. The highest BCUT2D eigenvalue weighted by Crippen LogP contribution is 2.43. The van der Waals surface area contributed by atoms with Crippen LogP contribution in [0.3, 0.4) is 0 Å². The fraction of sp³-hybridized carbons (Fsp3) is 0.286. The van der Waals surface area contributed by atoms with Crippen LogP contribution in [0.1, 0.15) is 39.2 Å². The number of hydrogen-bond donors (Lipinski definition) is 0. The lowest BCUT2D eigenvalue weighted by atomic mass is 9.87. The maximum absolute atomic E-state index is 13.8. The molecule has 1 aliphatic heterocycles. The summed E-state index contributed by atoms with van der Waals surface area (Å²) in [4.78, 5) is 26.7. The van der Waals surface area contributed by atoms with E-state index in [0.29, 0.717) is 39.8 Å². The summed E-state index contributed by atoms with van der Waals surface area (Å²) in [5, 5.41) is 3.19. The van der Waals surface area contributed by atoms with E-state index in [-0.39, 0.29) is 11.2 Å². The second-order valence-corrected chi connectivity index (χ2v) is 9.16. The largest absolute Gasteiger partial charge is 0.496 e. The van der Waals surface area contributed by atoms with Crippen molar-refractivity contribution in [3.05, 3.63) is 63.8 Å². The number of ether oxygens (including phenoxy) is 2. The lowest BCUT2D eigenvalue weighted by molar-refractivity contribution is -0.117. The van der Waals surface area contributed by atoms with Gasteiger partial charge in [-0.25, -0.2) is 0 Å². The molecule has 0 amide bonds. The Labute approximate surface area is 192 Å². The highest BCUT2D eigenvalue weighted by Gasteiger charge is 2.36. The number of Topliss-reactive ketones (excluding diaryl/α,β-unsaturated/α-hetero) is 1. The summed E-state index contributed by atoms with van der Waals surface area (Å²) in [5.74, 6) is 1.13. The van der Waals surface area contributed by atoms with Crippen molar-refractivity contribution in [2.75, 3.05) is 7.11 Å². The first-order valence-electron chi connectivity index (χ1n) is 11.3. The highest BCUT2D eigenvalue weighted by atomic mass is 16.5. The lowest BCUT2D eigenvalue weighted by Gasteiger charge is -2.34. The number of carbonyl (C=O) groups is 1. The van der Waals surface area contributed by atoms with Crippen molar-refractivity contribution < 1.29 is 14.3 Å². The van der Waals surface area contributed by atoms with Crippen LogP contribution in [0.25, 0.3) is 38.7 Å². The van der Waals surface area contributed by atoms with Gasteiger partial charge in [0.1, 0.15) is 17.1 Å². The molecule has 0 aliphatic carbocycles. The van der Waals surface area contributed by atoms with Crippen LogP contribution in [0.4, 0.5) is 0 Å². The average Bonchev–Trinajstić information content (AvgIpc) is 2.79. The van der Waals surface area contributed by atoms with Gasteiger partial charge >= 0.3 is 0 Å². The smallest absolute Gasteiger partial charge is 0.201 e. The van der Waals surface area contributed by atoms with E-state index in [1.165, 1.54) is 0 Å². The summed E-state index contributed by atoms with van der Waals surface area (Å²) in [6, 6.07) is 13.8. The molecule has 1 aromatic heterocycles. The number of aromatic nitrogens is 1. The number of nitrogens with zero attached hydrogens (tertiary/aromatic N) is 1. The Morgan fingerprint density at radius 2 is 1.82 bits per heavy atom. The second-order valence-electron chi connectivity index (χ2n) is 9.16. The van der Waals surface area contributed by atoms with Crippen molar-refractivity contribution in [3.8, 4) is 11.5 Å². The molecule has 5 heteroatoms. The molecule has 3 aromatic carbocycles. The molecule has 0 bridgehead atoms. The number of hydrogen-bond acceptors (Lipinski definition) is 4. The topological polar surface area (TPSA) is 57.5 Å². The Kier molecular flexibility index (Phi) is 4.82. The maximum atomic E-state index is 13.8. The molecule has 0 atom stereocenters. The molecule has 168 valence electrons. The number of ketones is 1. The van der Waals surface area contributed by atoms with Crippen LogP contribution in [0.2, 0.25) is 0 Å². The van der Waals surface area contributed by atoms with Crippen molar-refractivity contribution in [3.63, 3.8) is 0 Å². The van der Waals surface area contributed by atoms with Crippen LogP contribution in [-0.2, 0) is 11.8 Å². The number of carbonyl (C=O) groups excluding carboxylic acids is 1. The third-order valence-electron chi connectivity index (χ3n) is 6.60. The van der Waals surface area contributed by atoms with Gasteiger partial charge in [0.05, 0.1) is 23.5 Å². The zero-order valence-electron chi connectivity index (χ0n) is 19.6. The van der Waals surface area contributed by atoms with Crippen molar-refractivity contribution in [1.82, 2.24) is 4.57 Å². The normalized spacial score (nSPS) is 14.8. The van der Waals surface area contributed by atoms with Crippen molar-refractivity contribution in [2.24, 2.45) is 7.05 Å². The van der Waals surface area contributed by atoms with E-state index in [4.69, 9.17) is 9.47 Å². The maximum Gasteiger partial charge on any atom is 0.201 e. The SMILES string of the molecule is CCCC(=O)C1=Cc2c(cc(OC)c3c(=O)c4cc5ccccc5cc4n(C)c23)OC1(C)C. The van der Waals surface area contributed by atoms with Gasteiger partial charge in [-0.3, -0.25) is 9.59 Å². The Bertz CT molecular complexity index is 1560. The van der Waals surface area contributed by atoms with Crippen molar-refractivity contribution >= 4 is 44.4 Å². The van der Waals surface area contributed by atoms with Gasteiger partial charge in [-0.15, -0.1) is 0 Å². The third kappa shape index (κ3) is 3.14. The van der Waals surface area contributed by atoms with Gasteiger partial charge in [-0.1, -0.05) is 31.2 Å². The molecule has 0 N–H and O–H groups in total. The van der Waals surface area contributed by atoms with Gasteiger partial charge in [0, 0.05) is 36.1 Å². The Hall–Kier alpha value is -3.60. The van der Waals surface area contributed by atoms with Crippen LogP contribution >= 0.6 is 0 Å². The molecule has 0 saturated carbocycles. The van der Waals surface area contributed by atoms with Crippen LogP contribution in [-0.4, -0.2) is 23.1 Å². The summed E-state index contributed by atoms with van der Waals surface area (Å²) in [5.41, 5.74) is 2.01. The van der Waals surface area contributed by atoms with E-state index in [1.54, 1.807) is 13.2 Å². The van der Waals surface area contributed by atoms with Gasteiger partial charge in [0.2, 0.25) is 5.43 Å². The number of aryl methyl sites for hydroxylation is 1. The van der Waals surface area contributed by atoms with E-state index < -0.39 is 5.60 Å². The molecule has 5 nitrogen and oxygen atoms in total. The van der Waals surface area contributed by atoms with Crippen LogP contribution in [0.15, 0.2) is 52.8 Å². The fourth-order valence-corrected chi connectivity index (χ4v) is 4.96. The highest BCUT2D eigenvalue weighted by molar-refractivity contribution is 6.09. The molecular weight excluding hydrogens is 414 g/mol. The Morgan fingerprint density at radius 1 is 1.12 bits per heavy atom. The van der Waals surface area contributed by atoms with Gasteiger partial charge in [-0.2, -0.15) is 0 Å². The molecule has 0 spiro atoms. The zero-order chi connectivity index (χ0) is 23.5. The molecule has 0 radical (unpaired) electrons. The van der Waals surface area contributed by atoms with Crippen molar-refractivity contribution in [2.45, 2.75) is 39.2 Å². The zero-order valence-corrected chi connectivity index (χ0v) is 19.6. The minimum atomic E-state index is -0.774. The Balaban J connectivity index is 1.95. The molecule has 0 unspecified atom stereocenters. The van der Waals surface area contributed by atoms with Gasteiger partial charge in [0.15, 0.2) is 5.78 Å². The van der Waals surface area contributed by atoms with Crippen LogP contribution in [0, 0.1) is 0 Å². The van der Waals surface area contributed by atoms with Crippen LogP contribution < -0.4 is 14.9 Å². The summed E-state index contributed by atoms with van der Waals surface area (Å²) in [6.45, 7) is 5.79. The van der Waals surface area contributed by atoms with E-state index >= 15 is 0 Å². The number of rotatable bonds is 4.